The van der Waals surface area contributed by atoms with Crippen molar-refractivity contribution >= 4 is 0 Å². The Kier molecular flexibility index (Phi) is 6.67. The molecule has 0 aliphatic heterocycles. The van der Waals surface area contributed by atoms with Gasteiger partial charge in [-0.2, -0.15) is 30.7 Å². The first-order valence-electron chi connectivity index (χ1n) is 7.34. The van der Waals surface area contributed by atoms with E-state index in [1.54, 1.807) is 44.2 Å². The first kappa shape index (κ1) is 20.7. The van der Waals surface area contributed by atoms with Crippen LogP contribution in [-0.4, -0.2) is 24.1 Å². The standard InChI is InChI=1S/C16H19F7O/c1-11(2)8-13(24-10-12-6-4-3-5-7-12)9-14(17,18)15(19,20)16(21,22)23/h3-7,11,13H,8-10H2,1-2H3/t13-/m1/s1. The van der Waals surface area contributed by atoms with Crippen molar-refractivity contribution in [3.63, 3.8) is 0 Å². The van der Waals surface area contributed by atoms with E-state index in [0.717, 1.165) is 0 Å². The monoisotopic (exact) mass is 360 g/mol. The summed E-state index contributed by atoms with van der Waals surface area (Å²) in [6.07, 6.45) is -9.51. The highest BCUT2D eigenvalue weighted by atomic mass is 19.4. The Bertz CT molecular complexity index is 497. The van der Waals surface area contributed by atoms with Gasteiger partial charge in [0, 0.05) is 6.42 Å². The maximum atomic E-state index is 13.6. The van der Waals surface area contributed by atoms with Crippen LogP contribution in [0.1, 0.15) is 32.3 Å². The Balaban J connectivity index is 2.84. The molecule has 24 heavy (non-hydrogen) atoms. The Morgan fingerprint density at radius 1 is 0.917 bits per heavy atom. The molecular formula is C16H19F7O. The fraction of sp³-hybridized carbons (Fsp3) is 0.625. The highest BCUT2D eigenvalue weighted by Crippen LogP contribution is 2.49. The molecule has 0 fully saturated rings. The quantitative estimate of drug-likeness (QED) is 0.529. The third kappa shape index (κ3) is 5.36. The first-order valence-corrected chi connectivity index (χ1v) is 7.34. The van der Waals surface area contributed by atoms with Crippen molar-refractivity contribution in [2.45, 2.75) is 57.4 Å². The van der Waals surface area contributed by atoms with E-state index in [1.807, 2.05) is 0 Å². The molecule has 0 bridgehead atoms. The van der Waals surface area contributed by atoms with Crippen molar-refractivity contribution in [3.05, 3.63) is 35.9 Å². The molecule has 8 heteroatoms. The number of rotatable bonds is 8. The number of hydrogen-bond acceptors (Lipinski definition) is 1. The molecule has 0 N–H and O–H groups in total. The lowest BCUT2D eigenvalue weighted by Gasteiger charge is -2.31. The van der Waals surface area contributed by atoms with Crippen LogP contribution < -0.4 is 0 Å². The Hall–Kier alpha value is -1.31. The van der Waals surface area contributed by atoms with Crippen molar-refractivity contribution in [1.82, 2.24) is 0 Å². The van der Waals surface area contributed by atoms with Gasteiger partial charge in [-0.15, -0.1) is 0 Å². The number of ether oxygens (including phenoxy) is 1. The van der Waals surface area contributed by atoms with Crippen LogP contribution in [0.25, 0.3) is 0 Å². The second-order valence-electron chi connectivity index (χ2n) is 6.03. The molecule has 0 amide bonds. The Morgan fingerprint density at radius 2 is 1.46 bits per heavy atom. The van der Waals surface area contributed by atoms with E-state index in [1.165, 1.54) is 0 Å². The minimum Gasteiger partial charge on any atom is -0.373 e. The average Bonchev–Trinajstić information content (AvgIpc) is 2.43. The molecule has 1 aromatic rings. The van der Waals surface area contributed by atoms with Crippen molar-refractivity contribution in [3.8, 4) is 0 Å². The molecule has 0 saturated carbocycles. The van der Waals surface area contributed by atoms with Crippen LogP contribution >= 0.6 is 0 Å². The highest BCUT2D eigenvalue weighted by molar-refractivity contribution is 5.13. The molecule has 0 aliphatic carbocycles. The maximum absolute atomic E-state index is 13.6. The zero-order chi connectivity index (χ0) is 18.6. The molecule has 1 rings (SSSR count). The van der Waals surface area contributed by atoms with E-state index in [-0.39, 0.29) is 18.9 Å². The van der Waals surface area contributed by atoms with Gasteiger partial charge in [0.25, 0.3) is 0 Å². The van der Waals surface area contributed by atoms with Gasteiger partial charge in [0.2, 0.25) is 0 Å². The molecule has 0 unspecified atom stereocenters. The van der Waals surface area contributed by atoms with E-state index in [4.69, 9.17) is 4.74 Å². The maximum Gasteiger partial charge on any atom is 0.459 e. The van der Waals surface area contributed by atoms with Gasteiger partial charge >= 0.3 is 18.0 Å². The lowest BCUT2D eigenvalue weighted by Crippen LogP contribution is -2.53. The highest BCUT2D eigenvalue weighted by Gasteiger charge is 2.72. The normalized spacial score (nSPS) is 14.9. The Labute approximate surface area is 135 Å². The molecule has 0 heterocycles. The van der Waals surface area contributed by atoms with Crippen LogP contribution in [0.15, 0.2) is 30.3 Å². The summed E-state index contributed by atoms with van der Waals surface area (Å²) in [6.45, 7) is 3.13. The van der Waals surface area contributed by atoms with Gasteiger partial charge in [0.1, 0.15) is 0 Å². The molecule has 0 spiro atoms. The molecule has 1 nitrogen and oxygen atoms in total. The molecule has 0 radical (unpaired) electrons. The molecule has 138 valence electrons. The van der Waals surface area contributed by atoms with Crippen LogP contribution in [0.4, 0.5) is 30.7 Å². The lowest BCUT2D eigenvalue weighted by molar-refractivity contribution is -0.359. The molecule has 1 aromatic carbocycles. The predicted octanol–water partition coefficient (Wildman–Crippen LogP) is 5.84. The molecule has 0 saturated heterocycles. The summed E-state index contributed by atoms with van der Waals surface area (Å²) in [6, 6.07) is 8.32. The Morgan fingerprint density at radius 3 is 1.92 bits per heavy atom. The van der Waals surface area contributed by atoms with Crippen molar-refractivity contribution < 1.29 is 35.5 Å². The minimum absolute atomic E-state index is 0.0592. The van der Waals surface area contributed by atoms with Crippen LogP contribution in [0.3, 0.4) is 0 Å². The largest absolute Gasteiger partial charge is 0.459 e. The van der Waals surface area contributed by atoms with Gasteiger partial charge in [0.15, 0.2) is 0 Å². The van der Waals surface area contributed by atoms with Gasteiger partial charge in [0.05, 0.1) is 12.7 Å². The third-order valence-corrected chi connectivity index (χ3v) is 3.36. The van der Waals surface area contributed by atoms with Gasteiger partial charge in [-0.1, -0.05) is 44.2 Å². The van der Waals surface area contributed by atoms with E-state index in [2.05, 4.69) is 0 Å². The van der Waals surface area contributed by atoms with E-state index in [9.17, 15) is 30.7 Å². The zero-order valence-electron chi connectivity index (χ0n) is 13.2. The van der Waals surface area contributed by atoms with Crippen LogP contribution in [-0.2, 0) is 11.3 Å². The average molecular weight is 360 g/mol. The van der Waals surface area contributed by atoms with Crippen molar-refractivity contribution in [2.75, 3.05) is 0 Å². The smallest absolute Gasteiger partial charge is 0.373 e. The first-order chi connectivity index (χ1) is 10.9. The summed E-state index contributed by atoms with van der Waals surface area (Å²) in [5, 5.41) is 0. The summed E-state index contributed by atoms with van der Waals surface area (Å²) >= 11 is 0. The summed E-state index contributed by atoms with van der Waals surface area (Å²) < 4.78 is 95.1. The second kappa shape index (κ2) is 7.72. The van der Waals surface area contributed by atoms with E-state index in [0.29, 0.717) is 5.56 Å². The van der Waals surface area contributed by atoms with Gasteiger partial charge in [-0.3, -0.25) is 0 Å². The topological polar surface area (TPSA) is 9.23 Å². The summed E-state index contributed by atoms with van der Waals surface area (Å²) in [4.78, 5) is 0. The van der Waals surface area contributed by atoms with E-state index >= 15 is 0 Å². The number of benzene rings is 1. The summed E-state index contributed by atoms with van der Waals surface area (Å²) in [7, 11) is 0. The van der Waals surface area contributed by atoms with Gasteiger partial charge in [-0.05, 0) is 17.9 Å². The second-order valence-corrected chi connectivity index (χ2v) is 6.03. The van der Waals surface area contributed by atoms with Gasteiger partial charge in [-0.25, -0.2) is 0 Å². The molecule has 0 aliphatic rings. The van der Waals surface area contributed by atoms with E-state index < -0.39 is 30.5 Å². The number of hydrogen-bond donors (Lipinski definition) is 0. The fourth-order valence-corrected chi connectivity index (χ4v) is 2.15. The molecular weight excluding hydrogens is 341 g/mol. The molecule has 1 atom stereocenters. The van der Waals surface area contributed by atoms with Crippen molar-refractivity contribution in [1.29, 1.82) is 0 Å². The number of alkyl halides is 7. The number of halogens is 7. The summed E-state index contributed by atoms with van der Waals surface area (Å²) in [5.74, 6) is -11.6. The molecule has 0 aromatic heterocycles. The summed E-state index contributed by atoms with van der Waals surface area (Å²) in [5.41, 5.74) is 0.608. The van der Waals surface area contributed by atoms with Crippen LogP contribution in [0.2, 0.25) is 0 Å². The van der Waals surface area contributed by atoms with Crippen molar-refractivity contribution in [2.24, 2.45) is 5.92 Å². The van der Waals surface area contributed by atoms with Gasteiger partial charge < -0.3 is 4.74 Å². The zero-order valence-corrected chi connectivity index (χ0v) is 13.2. The lowest BCUT2D eigenvalue weighted by atomic mass is 9.97. The minimum atomic E-state index is -6.32. The third-order valence-electron chi connectivity index (χ3n) is 3.36. The SMILES string of the molecule is CC(C)C[C@H](CC(F)(F)C(F)(F)C(F)(F)F)OCc1ccccc1. The van der Waals surface area contributed by atoms with Crippen LogP contribution in [0, 0.1) is 5.92 Å². The van der Waals surface area contributed by atoms with Crippen LogP contribution in [0.5, 0.6) is 0 Å². The predicted molar refractivity (Wildman–Crippen MR) is 75.0 cm³/mol. The fourth-order valence-electron chi connectivity index (χ4n) is 2.15.